The predicted molar refractivity (Wildman–Crippen MR) is 112 cm³/mol. The minimum atomic E-state index is -0.312. The lowest BCUT2D eigenvalue weighted by atomic mass is 10.0. The van der Waals surface area contributed by atoms with Crippen molar-refractivity contribution in [2.24, 2.45) is 17.3 Å². The molecule has 0 aliphatic heterocycles. The van der Waals surface area contributed by atoms with Gasteiger partial charge in [-0.2, -0.15) is 0 Å². The molecule has 2 nitrogen and oxygen atoms in total. The molecule has 0 unspecified atom stereocenters. The van der Waals surface area contributed by atoms with Crippen LogP contribution in [-0.2, 0) is 16.1 Å². The summed E-state index contributed by atoms with van der Waals surface area (Å²) in [7, 11) is 0. The van der Waals surface area contributed by atoms with E-state index in [2.05, 4.69) is 0 Å². The number of rotatable bonds is 5. The van der Waals surface area contributed by atoms with Crippen LogP contribution in [0.3, 0.4) is 0 Å². The molecular formula is C21H18Cl4O2. The first-order chi connectivity index (χ1) is 12.7. The van der Waals surface area contributed by atoms with Crippen molar-refractivity contribution in [2.45, 2.75) is 20.5 Å². The number of benzene rings is 2. The van der Waals surface area contributed by atoms with Crippen molar-refractivity contribution in [1.82, 2.24) is 0 Å². The molecule has 0 bridgehead atoms. The Hall–Kier alpha value is -1.19. The molecule has 0 spiro atoms. The number of esters is 1. The Morgan fingerprint density at radius 1 is 1.11 bits per heavy atom. The molecule has 1 fully saturated rings. The van der Waals surface area contributed by atoms with E-state index in [0.29, 0.717) is 15.6 Å². The fourth-order valence-corrected chi connectivity index (χ4v) is 4.24. The lowest BCUT2D eigenvalue weighted by Gasteiger charge is -2.13. The van der Waals surface area contributed by atoms with E-state index < -0.39 is 0 Å². The number of carbonyl (C=O) groups excluding carboxylic acids is 1. The standard InChI is InChI=1S/C21H18Cl4O2/c1-21(2)15(10-17(23)24)18(21)20(26)27-11-14-16(22)9-8-13(19(14)25)12-6-4-3-5-7-12/h3-10,15,18H,11H2,1-2H3/t15-,18-/m0/s1. The second kappa shape index (κ2) is 8.05. The highest BCUT2D eigenvalue weighted by atomic mass is 35.5. The Balaban J connectivity index is 1.77. The van der Waals surface area contributed by atoms with Crippen LogP contribution in [0.25, 0.3) is 11.1 Å². The molecule has 142 valence electrons. The molecule has 6 heteroatoms. The number of allylic oxidation sites excluding steroid dienone is 1. The van der Waals surface area contributed by atoms with Gasteiger partial charge in [-0.15, -0.1) is 0 Å². The van der Waals surface area contributed by atoms with Crippen LogP contribution in [0.2, 0.25) is 10.0 Å². The summed E-state index contributed by atoms with van der Waals surface area (Å²) in [6.07, 6.45) is 1.69. The molecular weight excluding hydrogens is 426 g/mol. The van der Waals surface area contributed by atoms with Crippen LogP contribution in [0, 0.1) is 17.3 Å². The zero-order chi connectivity index (χ0) is 19.8. The van der Waals surface area contributed by atoms with Gasteiger partial charge < -0.3 is 4.74 Å². The average Bonchev–Trinajstić information content (AvgIpc) is 3.14. The normalized spacial score (nSPS) is 20.1. The van der Waals surface area contributed by atoms with Gasteiger partial charge in [0.15, 0.2) is 0 Å². The molecule has 1 aliphatic carbocycles. The van der Waals surface area contributed by atoms with Crippen molar-refractivity contribution < 1.29 is 9.53 Å². The van der Waals surface area contributed by atoms with Crippen LogP contribution in [0.5, 0.6) is 0 Å². The third-order valence-electron chi connectivity index (χ3n) is 5.10. The van der Waals surface area contributed by atoms with Gasteiger partial charge in [-0.1, -0.05) is 96.6 Å². The van der Waals surface area contributed by atoms with Crippen molar-refractivity contribution >= 4 is 52.4 Å². The number of hydrogen-bond donors (Lipinski definition) is 0. The molecule has 1 saturated carbocycles. The number of ether oxygens (including phenoxy) is 1. The van der Waals surface area contributed by atoms with Crippen LogP contribution in [0.15, 0.2) is 53.0 Å². The van der Waals surface area contributed by atoms with Gasteiger partial charge in [0.25, 0.3) is 0 Å². The van der Waals surface area contributed by atoms with E-state index in [0.717, 1.165) is 11.1 Å². The Labute approximate surface area is 179 Å². The molecule has 0 saturated heterocycles. The van der Waals surface area contributed by atoms with Crippen molar-refractivity contribution in [2.75, 3.05) is 0 Å². The lowest BCUT2D eigenvalue weighted by Crippen LogP contribution is -2.11. The van der Waals surface area contributed by atoms with Gasteiger partial charge in [0.1, 0.15) is 11.1 Å². The monoisotopic (exact) mass is 442 g/mol. The van der Waals surface area contributed by atoms with Gasteiger partial charge in [-0.25, -0.2) is 0 Å². The topological polar surface area (TPSA) is 26.3 Å². The summed E-state index contributed by atoms with van der Waals surface area (Å²) < 4.78 is 5.69. The van der Waals surface area contributed by atoms with Crippen LogP contribution in [0.4, 0.5) is 0 Å². The highest BCUT2D eigenvalue weighted by molar-refractivity contribution is 6.55. The molecule has 2 aromatic rings. The van der Waals surface area contributed by atoms with Gasteiger partial charge in [0, 0.05) is 16.1 Å². The summed E-state index contributed by atoms with van der Waals surface area (Å²) in [5, 5.41) is 0.944. The highest BCUT2D eigenvalue weighted by Gasteiger charge is 2.61. The van der Waals surface area contributed by atoms with Gasteiger partial charge in [0.05, 0.1) is 10.9 Å². The number of carbonyl (C=O) groups is 1. The summed E-state index contributed by atoms with van der Waals surface area (Å²) in [5.41, 5.74) is 2.16. The molecule has 0 N–H and O–H groups in total. The largest absolute Gasteiger partial charge is 0.460 e. The second-order valence-electron chi connectivity index (χ2n) is 7.14. The third-order valence-corrected chi connectivity index (χ3v) is 6.14. The van der Waals surface area contributed by atoms with E-state index >= 15 is 0 Å². The van der Waals surface area contributed by atoms with Crippen molar-refractivity contribution in [1.29, 1.82) is 0 Å². The highest BCUT2D eigenvalue weighted by Crippen LogP contribution is 2.60. The van der Waals surface area contributed by atoms with E-state index in [4.69, 9.17) is 51.1 Å². The molecule has 2 atom stereocenters. The van der Waals surface area contributed by atoms with Crippen molar-refractivity contribution in [3.63, 3.8) is 0 Å². The molecule has 0 amide bonds. The summed E-state index contributed by atoms with van der Waals surface area (Å²) in [4.78, 5) is 12.5. The van der Waals surface area contributed by atoms with Crippen molar-refractivity contribution in [3.05, 3.63) is 68.6 Å². The maximum absolute atomic E-state index is 12.5. The zero-order valence-corrected chi connectivity index (χ0v) is 17.8. The Kier molecular flexibility index (Phi) is 6.12. The van der Waals surface area contributed by atoms with Crippen LogP contribution < -0.4 is 0 Å². The smallest absolute Gasteiger partial charge is 0.310 e. The molecule has 2 aromatic carbocycles. The fourth-order valence-electron chi connectivity index (χ4n) is 3.38. The van der Waals surface area contributed by atoms with Gasteiger partial charge in [-0.05, 0) is 29.0 Å². The van der Waals surface area contributed by atoms with Gasteiger partial charge in [-0.3, -0.25) is 4.79 Å². The van der Waals surface area contributed by atoms with Crippen LogP contribution >= 0.6 is 46.4 Å². The van der Waals surface area contributed by atoms with Crippen LogP contribution in [-0.4, -0.2) is 5.97 Å². The van der Waals surface area contributed by atoms with Gasteiger partial charge >= 0.3 is 5.97 Å². The minimum absolute atomic E-state index is 0.00873. The molecule has 3 rings (SSSR count). The van der Waals surface area contributed by atoms with E-state index in [1.54, 1.807) is 12.1 Å². The Bertz CT molecular complexity index is 887. The SMILES string of the molecule is CC1(C)[C@H](C(=O)OCc2c(Cl)ccc(-c3ccccc3)c2Cl)[C@@H]1C=C(Cl)Cl. The predicted octanol–water partition coefficient (Wildman–Crippen LogP) is 7.29. The van der Waals surface area contributed by atoms with E-state index in [1.807, 2.05) is 50.2 Å². The first-order valence-corrected chi connectivity index (χ1v) is 9.96. The fraction of sp³-hybridized carbons (Fsp3) is 0.286. The first-order valence-electron chi connectivity index (χ1n) is 8.45. The lowest BCUT2D eigenvalue weighted by molar-refractivity contribution is -0.147. The number of halogens is 4. The quantitative estimate of drug-likeness (QED) is 0.453. The Morgan fingerprint density at radius 3 is 2.41 bits per heavy atom. The molecule has 0 aromatic heterocycles. The summed E-state index contributed by atoms with van der Waals surface area (Å²) in [6.45, 7) is 3.97. The molecule has 1 aliphatic rings. The Morgan fingerprint density at radius 2 is 1.78 bits per heavy atom. The summed E-state index contributed by atoms with van der Waals surface area (Å²) in [5.74, 6) is -0.649. The average molecular weight is 444 g/mol. The maximum Gasteiger partial charge on any atom is 0.310 e. The van der Waals surface area contributed by atoms with Crippen LogP contribution in [0.1, 0.15) is 19.4 Å². The van der Waals surface area contributed by atoms with E-state index in [1.165, 1.54) is 0 Å². The number of hydrogen-bond acceptors (Lipinski definition) is 2. The van der Waals surface area contributed by atoms with Crippen molar-refractivity contribution in [3.8, 4) is 11.1 Å². The zero-order valence-electron chi connectivity index (χ0n) is 14.8. The summed E-state index contributed by atoms with van der Waals surface area (Å²) >= 11 is 24.3. The summed E-state index contributed by atoms with van der Waals surface area (Å²) in [6, 6.07) is 13.4. The third kappa shape index (κ3) is 4.30. The molecule has 0 radical (unpaired) electrons. The second-order valence-corrected chi connectivity index (χ2v) is 8.94. The molecule has 0 heterocycles. The first kappa shape index (κ1) is 20.5. The van der Waals surface area contributed by atoms with Gasteiger partial charge in [0.2, 0.25) is 0 Å². The molecule has 27 heavy (non-hydrogen) atoms. The van der Waals surface area contributed by atoms with E-state index in [9.17, 15) is 4.79 Å². The maximum atomic E-state index is 12.5. The van der Waals surface area contributed by atoms with E-state index in [-0.39, 0.29) is 34.3 Å². The minimum Gasteiger partial charge on any atom is -0.460 e.